The molecule has 0 aliphatic carbocycles. The monoisotopic (exact) mass is 581 g/mol. The Labute approximate surface area is 208 Å². The zero-order valence-corrected chi connectivity index (χ0v) is 20.6. The largest absolute Gasteiger partial charge is 0.507 e. The van der Waals surface area contributed by atoms with Crippen LogP contribution in [0, 0.1) is 4.77 Å². The number of aromatic nitrogens is 3. The van der Waals surface area contributed by atoms with E-state index in [4.69, 9.17) is 12.2 Å². The summed E-state index contributed by atoms with van der Waals surface area (Å²) in [5, 5.41) is 19.7. The molecule has 2 aromatic heterocycles. The Bertz CT molecular complexity index is 1690. The second-order valence-electron chi connectivity index (χ2n) is 7.10. The summed E-state index contributed by atoms with van der Waals surface area (Å²) in [5.41, 5.74) is 2.71. The van der Waals surface area contributed by atoms with Crippen molar-refractivity contribution in [2.45, 2.75) is 0 Å². The number of aromatic amines is 1. The van der Waals surface area contributed by atoms with Gasteiger partial charge in [-0.25, -0.2) is 0 Å². The summed E-state index contributed by atoms with van der Waals surface area (Å²) in [6.07, 6.45) is 1.64. The summed E-state index contributed by atoms with van der Waals surface area (Å²) in [6, 6.07) is 17.3. The molecule has 162 valence electrons. The van der Waals surface area contributed by atoms with E-state index < -0.39 is 0 Å². The molecule has 2 heterocycles. The first-order valence-corrected chi connectivity index (χ1v) is 11.6. The number of azo groups is 1. The van der Waals surface area contributed by atoms with E-state index in [1.54, 1.807) is 60.8 Å². The zero-order valence-electron chi connectivity index (χ0n) is 16.7. The molecule has 0 aliphatic rings. The van der Waals surface area contributed by atoms with Crippen LogP contribution in [0.2, 0.25) is 0 Å². The van der Waals surface area contributed by atoms with Gasteiger partial charge >= 0.3 is 0 Å². The molecule has 0 aliphatic heterocycles. The quantitative estimate of drug-likeness (QED) is 0.173. The van der Waals surface area contributed by atoms with Crippen molar-refractivity contribution in [1.82, 2.24) is 14.5 Å². The molecular weight excluding hydrogens is 570 g/mol. The Hall–Kier alpha value is -3.21. The van der Waals surface area contributed by atoms with E-state index in [1.807, 2.05) is 6.07 Å². The van der Waals surface area contributed by atoms with Gasteiger partial charge in [0.2, 0.25) is 0 Å². The summed E-state index contributed by atoms with van der Waals surface area (Å²) in [5.74, 6) is 0.137. The van der Waals surface area contributed by atoms with Gasteiger partial charge in [0.15, 0.2) is 4.77 Å². The van der Waals surface area contributed by atoms with Crippen molar-refractivity contribution in [2.75, 3.05) is 0 Å². The van der Waals surface area contributed by atoms with Crippen molar-refractivity contribution < 1.29 is 5.11 Å². The fourth-order valence-electron chi connectivity index (χ4n) is 3.48. The summed E-state index contributed by atoms with van der Waals surface area (Å²) in [6.45, 7) is 0. The first kappa shape index (κ1) is 21.6. The van der Waals surface area contributed by atoms with Crippen molar-refractivity contribution >= 4 is 77.3 Å². The highest BCUT2D eigenvalue weighted by Crippen LogP contribution is 2.32. The average Bonchev–Trinajstić information content (AvgIpc) is 2.81. The summed E-state index contributed by atoms with van der Waals surface area (Å²) >= 11 is 12.3. The second kappa shape index (κ2) is 8.62. The van der Waals surface area contributed by atoms with Crippen LogP contribution < -0.4 is 5.56 Å². The molecule has 0 unspecified atom stereocenters. The average molecular weight is 583 g/mol. The van der Waals surface area contributed by atoms with Crippen LogP contribution in [0.25, 0.3) is 27.5 Å². The fourth-order valence-corrected chi connectivity index (χ4v) is 5.10. The SMILES string of the molecule is O=c1c2cc(Br)cc(Br)c2[nH]c(=S)n1-c1ccc(N=Nc2ccc(O)c3cccnc23)cc1. The van der Waals surface area contributed by atoms with Crippen molar-refractivity contribution in [3.05, 3.63) is 90.9 Å². The number of fused-ring (bicyclic) bond motifs is 2. The summed E-state index contributed by atoms with van der Waals surface area (Å²) in [7, 11) is 0. The van der Waals surface area contributed by atoms with Crippen LogP contribution in [0.1, 0.15) is 0 Å². The van der Waals surface area contributed by atoms with E-state index in [0.29, 0.717) is 38.9 Å². The van der Waals surface area contributed by atoms with Crippen LogP contribution in [0.3, 0.4) is 0 Å². The lowest BCUT2D eigenvalue weighted by molar-refractivity contribution is 0.481. The van der Waals surface area contributed by atoms with Crippen molar-refractivity contribution in [2.24, 2.45) is 10.2 Å². The number of hydrogen-bond acceptors (Lipinski definition) is 6. The van der Waals surface area contributed by atoms with Gasteiger partial charge in [0.1, 0.15) is 17.0 Å². The molecule has 7 nitrogen and oxygen atoms in total. The van der Waals surface area contributed by atoms with E-state index in [9.17, 15) is 9.90 Å². The van der Waals surface area contributed by atoms with Gasteiger partial charge < -0.3 is 10.1 Å². The van der Waals surface area contributed by atoms with Crippen LogP contribution in [0.4, 0.5) is 11.4 Å². The highest BCUT2D eigenvalue weighted by molar-refractivity contribution is 9.11. The third-order valence-corrected chi connectivity index (χ3v) is 6.40. The van der Waals surface area contributed by atoms with E-state index in [0.717, 1.165) is 8.95 Å². The van der Waals surface area contributed by atoms with Crippen LogP contribution in [-0.4, -0.2) is 19.6 Å². The molecular formula is C23H13Br2N5O2S. The molecule has 10 heteroatoms. The van der Waals surface area contributed by atoms with Gasteiger partial charge in [-0.05, 0) is 88.8 Å². The molecule has 0 atom stereocenters. The number of aromatic hydroxyl groups is 1. The molecule has 0 spiro atoms. The number of nitrogens with zero attached hydrogens (tertiary/aromatic N) is 4. The number of phenolic OH excluding ortho intramolecular Hbond substituents is 1. The number of pyridine rings is 1. The molecule has 2 N–H and O–H groups in total. The van der Waals surface area contributed by atoms with E-state index in [2.05, 4.69) is 52.1 Å². The van der Waals surface area contributed by atoms with Crippen molar-refractivity contribution in [3.8, 4) is 11.4 Å². The molecule has 0 bridgehead atoms. The Kier molecular flexibility index (Phi) is 5.65. The molecule has 0 saturated heterocycles. The predicted molar refractivity (Wildman–Crippen MR) is 138 cm³/mol. The van der Waals surface area contributed by atoms with Crippen LogP contribution in [-0.2, 0) is 0 Å². The van der Waals surface area contributed by atoms with E-state index >= 15 is 0 Å². The summed E-state index contributed by atoms with van der Waals surface area (Å²) < 4.78 is 3.25. The van der Waals surface area contributed by atoms with Gasteiger partial charge in [0.05, 0.1) is 22.3 Å². The smallest absolute Gasteiger partial charge is 0.266 e. The first-order chi connectivity index (χ1) is 15.9. The van der Waals surface area contributed by atoms with Crippen molar-refractivity contribution in [1.29, 1.82) is 0 Å². The predicted octanol–water partition coefficient (Wildman–Crippen LogP) is 7.24. The molecule has 0 saturated carbocycles. The maximum atomic E-state index is 13.2. The molecule has 33 heavy (non-hydrogen) atoms. The topological polar surface area (TPSA) is 95.6 Å². The number of rotatable bonds is 3. The van der Waals surface area contributed by atoms with E-state index in [-0.39, 0.29) is 16.1 Å². The molecule has 0 amide bonds. The Morgan fingerprint density at radius 2 is 1.79 bits per heavy atom. The molecule has 0 fully saturated rings. The highest BCUT2D eigenvalue weighted by atomic mass is 79.9. The van der Waals surface area contributed by atoms with Gasteiger partial charge in [-0.3, -0.25) is 14.3 Å². The number of halogens is 2. The van der Waals surface area contributed by atoms with Crippen LogP contribution in [0.5, 0.6) is 5.75 Å². The molecule has 3 aromatic carbocycles. The Balaban J connectivity index is 1.53. The van der Waals surface area contributed by atoms with Gasteiger partial charge in [-0.1, -0.05) is 15.9 Å². The normalized spacial score (nSPS) is 11.6. The fraction of sp³-hybridized carbons (Fsp3) is 0. The van der Waals surface area contributed by atoms with E-state index in [1.165, 1.54) is 4.57 Å². The number of nitrogens with one attached hydrogen (secondary N) is 1. The lowest BCUT2D eigenvalue weighted by Crippen LogP contribution is -2.20. The van der Waals surface area contributed by atoms with Gasteiger partial charge in [0, 0.05) is 20.5 Å². The number of H-pyrrole nitrogens is 1. The minimum atomic E-state index is -0.230. The lowest BCUT2D eigenvalue weighted by atomic mass is 10.2. The van der Waals surface area contributed by atoms with Gasteiger partial charge in [-0.2, -0.15) is 5.11 Å². The Morgan fingerprint density at radius 1 is 1.00 bits per heavy atom. The first-order valence-electron chi connectivity index (χ1n) is 9.65. The minimum Gasteiger partial charge on any atom is -0.507 e. The second-order valence-corrected chi connectivity index (χ2v) is 9.26. The number of benzene rings is 3. The summed E-state index contributed by atoms with van der Waals surface area (Å²) in [4.78, 5) is 20.6. The zero-order chi connectivity index (χ0) is 23.1. The van der Waals surface area contributed by atoms with Crippen LogP contribution in [0.15, 0.2) is 90.8 Å². The number of hydrogen-bond donors (Lipinski definition) is 2. The Morgan fingerprint density at radius 3 is 2.58 bits per heavy atom. The maximum absolute atomic E-state index is 13.2. The molecule has 5 rings (SSSR count). The third-order valence-electron chi connectivity index (χ3n) is 5.03. The molecule has 0 radical (unpaired) electrons. The van der Waals surface area contributed by atoms with Gasteiger partial charge in [-0.15, -0.1) is 5.11 Å². The number of phenols is 1. The highest BCUT2D eigenvalue weighted by Gasteiger charge is 2.11. The van der Waals surface area contributed by atoms with Gasteiger partial charge in [0.25, 0.3) is 5.56 Å². The third kappa shape index (κ3) is 4.01. The lowest BCUT2D eigenvalue weighted by Gasteiger charge is -2.09. The van der Waals surface area contributed by atoms with Crippen molar-refractivity contribution in [3.63, 3.8) is 0 Å². The van der Waals surface area contributed by atoms with Crippen LogP contribution >= 0.6 is 44.1 Å². The maximum Gasteiger partial charge on any atom is 0.266 e. The molecule has 5 aromatic rings. The standard InChI is InChI=1S/C23H13Br2N5O2S/c24-12-10-16-20(17(25)11-12)27-23(33)30(22(16)32)14-5-3-13(4-6-14)28-29-18-7-8-19(31)15-2-1-9-26-21(15)18/h1-11,31H,(H,27,33). The minimum absolute atomic E-state index is 0.137.